The molecule has 16 heavy (non-hydrogen) atoms. The summed E-state index contributed by atoms with van der Waals surface area (Å²) in [6, 6.07) is 8.58. The normalized spacial score (nSPS) is 19.6. The molecule has 1 aliphatic rings. The largest absolute Gasteiger partial charge is 0.352 e. The topological polar surface area (TPSA) is 52.7 Å². The quantitative estimate of drug-likeness (QED) is 0.747. The number of nitrogens with zero attached hydrogens (tertiary/aromatic N) is 1. The van der Waals surface area contributed by atoms with Gasteiger partial charge in [-0.3, -0.25) is 0 Å². The van der Waals surface area contributed by atoms with Crippen molar-refractivity contribution in [2.24, 2.45) is 0 Å². The van der Waals surface area contributed by atoms with Crippen LogP contribution in [0.15, 0.2) is 24.3 Å². The van der Waals surface area contributed by atoms with Gasteiger partial charge in [0.15, 0.2) is 0 Å². The molecule has 0 radical (unpaired) electrons. The van der Waals surface area contributed by atoms with Gasteiger partial charge >= 0.3 is 0 Å². The highest BCUT2D eigenvalue weighted by Crippen LogP contribution is 2.14. The number of imidazole rings is 1. The molecule has 0 unspecified atom stereocenters. The van der Waals surface area contributed by atoms with Crippen molar-refractivity contribution in [3.8, 4) is 0 Å². The van der Waals surface area contributed by atoms with E-state index in [1.54, 1.807) is 0 Å². The third-order valence-corrected chi connectivity index (χ3v) is 2.79. The molecule has 0 spiro atoms. The van der Waals surface area contributed by atoms with E-state index in [1.165, 1.54) is 0 Å². The van der Waals surface area contributed by atoms with Gasteiger partial charge in [0.25, 0.3) is 0 Å². The lowest BCUT2D eigenvalue weighted by Crippen LogP contribution is -2.22. The number of anilines is 1. The Kier molecular flexibility index (Phi) is 3.31. The van der Waals surface area contributed by atoms with Crippen molar-refractivity contribution in [3.05, 3.63) is 24.3 Å². The fourth-order valence-electron chi connectivity index (χ4n) is 1.99. The van der Waals surface area contributed by atoms with E-state index in [9.17, 15) is 0 Å². The summed E-state index contributed by atoms with van der Waals surface area (Å²) >= 11 is 0. The van der Waals surface area contributed by atoms with Gasteiger partial charge in [-0.1, -0.05) is 12.1 Å². The standard InChI is InChI=1S/C11H14N4.ClH/c1-2-4-10-9(3-1)14-11(15-10)13-8-5-6-12-7-8;/h1-4,8,12H,5-7H2,(H2,13,14,15);1H/t8-;/m0./s1. The van der Waals surface area contributed by atoms with Crippen molar-refractivity contribution >= 4 is 29.4 Å². The average Bonchev–Trinajstić information content (AvgIpc) is 2.86. The smallest absolute Gasteiger partial charge is 0.201 e. The van der Waals surface area contributed by atoms with E-state index in [2.05, 4.69) is 20.6 Å². The second-order valence-electron chi connectivity index (χ2n) is 3.94. The van der Waals surface area contributed by atoms with Crippen molar-refractivity contribution in [1.29, 1.82) is 0 Å². The molecule has 4 nitrogen and oxygen atoms in total. The summed E-state index contributed by atoms with van der Waals surface area (Å²) in [5.74, 6) is 0.880. The third kappa shape index (κ3) is 2.13. The summed E-state index contributed by atoms with van der Waals surface area (Å²) in [6.45, 7) is 2.12. The van der Waals surface area contributed by atoms with Gasteiger partial charge in [0.2, 0.25) is 5.95 Å². The molecule has 3 rings (SSSR count). The maximum atomic E-state index is 4.48. The number of hydrogen-bond donors (Lipinski definition) is 3. The van der Waals surface area contributed by atoms with E-state index in [-0.39, 0.29) is 12.4 Å². The first-order valence-corrected chi connectivity index (χ1v) is 5.34. The highest BCUT2D eigenvalue weighted by molar-refractivity contribution is 5.85. The lowest BCUT2D eigenvalue weighted by atomic mass is 10.3. The summed E-state index contributed by atoms with van der Waals surface area (Å²) in [5, 5.41) is 6.72. The molecule has 2 aromatic rings. The molecular formula is C11H15ClN4. The van der Waals surface area contributed by atoms with Crippen LogP contribution in [0.5, 0.6) is 0 Å². The Hall–Kier alpha value is -1.26. The van der Waals surface area contributed by atoms with Gasteiger partial charge in [0.05, 0.1) is 11.0 Å². The summed E-state index contributed by atoms with van der Waals surface area (Å²) in [5.41, 5.74) is 2.11. The Morgan fingerprint density at radius 2 is 2.19 bits per heavy atom. The number of nitrogens with one attached hydrogen (secondary N) is 3. The maximum absolute atomic E-state index is 4.48. The number of fused-ring (bicyclic) bond motifs is 1. The summed E-state index contributed by atoms with van der Waals surface area (Å²) < 4.78 is 0. The van der Waals surface area contributed by atoms with E-state index < -0.39 is 0 Å². The molecule has 0 amide bonds. The minimum absolute atomic E-state index is 0. The van der Waals surface area contributed by atoms with Crippen LogP contribution in [0.3, 0.4) is 0 Å². The van der Waals surface area contributed by atoms with Crippen LogP contribution in [0.4, 0.5) is 5.95 Å². The molecule has 0 saturated carbocycles. The average molecular weight is 239 g/mol. The van der Waals surface area contributed by atoms with Gasteiger partial charge < -0.3 is 15.6 Å². The molecule has 5 heteroatoms. The zero-order valence-corrected chi connectivity index (χ0v) is 9.68. The molecule has 1 aliphatic heterocycles. The number of hydrogen-bond acceptors (Lipinski definition) is 3. The Morgan fingerprint density at radius 3 is 2.94 bits per heavy atom. The molecule has 1 aromatic carbocycles. The predicted molar refractivity (Wildman–Crippen MR) is 68.2 cm³/mol. The van der Waals surface area contributed by atoms with Crippen LogP contribution in [0.25, 0.3) is 11.0 Å². The number of para-hydroxylation sites is 2. The lowest BCUT2D eigenvalue weighted by Gasteiger charge is -2.08. The molecule has 0 bridgehead atoms. The van der Waals surface area contributed by atoms with Gasteiger partial charge in [0, 0.05) is 12.6 Å². The molecule has 2 heterocycles. The minimum atomic E-state index is 0. The molecule has 0 aliphatic carbocycles. The highest BCUT2D eigenvalue weighted by atomic mass is 35.5. The van der Waals surface area contributed by atoms with E-state index in [0.29, 0.717) is 6.04 Å². The number of halogens is 1. The first kappa shape index (κ1) is 11.2. The Morgan fingerprint density at radius 1 is 1.31 bits per heavy atom. The van der Waals surface area contributed by atoms with Gasteiger partial charge in [-0.2, -0.15) is 0 Å². The van der Waals surface area contributed by atoms with Gasteiger partial charge in [-0.05, 0) is 25.1 Å². The molecule has 1 atom stereocenters. The third-order valence-electron chi connectivity index (χ3n) is 2.79. The summed E-state index contributed by atoms with van der Waals surface area (Å²) in [6.07, 6.45) is 1.16. The number of aromatic nitrogens is 2. The van der Waals surface area contributed by atoms with Crippen LogP contribution in [0.1, 0.15) is 6.42 Å². The molecule has 86 valence electrons. The second kappa shape index (κ2) is 4.72. The monoisotopic (exact) mass is 238 g/mol. The summed E-state index contributed by atoms with van der Waals surface area (Å²) in [4.78, 5) is 7.75. The van der Waals surface area contributed by atoms with E-state index in [0.717, 1.165) is 36.5 Å². The number of rotatable bonds is 2. The predicted octanol–water partition coefficient (Wildman–Crippen LogP) is 1.76. The van der Waals surface area contributed by atoms with E-state index in [1.807, 2.05) is 24.3 Å². The summed E-state index contributed by atoms with van der Waals surface area (Å²) in [7, 11) is 0. The molecule has 1 aromatic heterocycles. The number of aromatic amines is 1. The van der Waals surface area contributed by atoms with Crippen molar-refractivity contribution in [2.75, 3.05) is 18.4 Å². The Bertz CT molecular complexity index is 429. The van der Waals surface area contributed by atoms with Crippen LogP contribution >= 0.6 is 12.4 Å². The zero-order valence-electron chi connectivity index (χ0n) is 8.86. The molecule has 1 saturated heterocycles. The van der Waals surface area contributed by atoms with Gasteiger partial charge in [0.1, 0.15) is 0 Å². The van der Waals surface area contributed by atoms with Crippen LogP contribution < -0.4 is 10.6 Å². The van der Waals surface area contributed by atoms with Crippen molar-refractivity contribution in [2.45, 2.75) is 12.5 Å². The SMILES string of the molecule is Cl.c1ccc2[nH]c(N[C@H]3CCNC3)nc2c1. The highest BCUT2D eigenvalue weighted by Gasteiger charge is 2.15. The van der Waals surface area contributed by atoms with Gasteiger partial charge in [-0.25, -0.2) is 4.98 Å². The minimum Gasteiger partial charge on any atom is -0.352 e. The van der Waals surface area contributed by atoms with Crippen molar-refractivity contribution in [1.82, 2.24) is 15.3 Å². The Labute approximate surface area is 100 Å². The number of benzene rings is 1. The fourth-order valence-corrected chi connectivity index (χ4v) is 1.99. The van der Waals surface area contributed by atoms with Crippen LogP contribution in [-0.2, 0) is 0 Å². The van der Waals surface area contributed by atoms with Crippen molar-refractivity contribution < 1.29 is 0 Å². The first-order chi connectivity index (χ1) is 7.42. The lowest BCUT2D eigenvalue weighted by molar-refractivity contribution is 0.784. The van der Waals surface area contributed by atoms with E-state index >= 15 is 0 Å². The van der Waals surface area contributed by atoms with Crippen LogP contribution in [-0.4, -0.2) is 29.1 Å². The molecular weight excluding hydrogens is 224 g/mol. The first-order valence-electron chi connectivity index (χ1n) is 5.34. The Balaban J connectivity index is 0.000000963. The molecule has 1 fully saturated rings. The van der Waals surface area contributed by atoms with Gasteiger partial charge in [-0.15, -0.1) is 12.4 Å². The van der Waals surface area contributed by atoms with Crippen LogP contribution in [0.2, 0.25) is 0 Å². The fraction of sp³-hybridized carbons (Fsp3) is 0.364. The van der Waals surface area contributed by atoms with E-state index in [4.69, 9.17) is 0 Å². The van der Waals surface area contributed by atoms with Crippen molar-refractivity contribution in [3.63, 3.8) is 0 Å². The second-order valence-corrected chi connectivity index (χ2v) is 3.94. The maximum Gasteiger partial charge on any atom is 0.201 e. The molecule has 3 N–H and O–H groups in total. The van der Waals surface area contributed by atoms with Crippen LogP contribution in [0, 0.1) is 0 Å². The number of H-pyrrole nitrogens is 1. The zero-order chi connectivity index (χ0) is 10.1.